The molecule has 5 heteroatoms. The number of nitrogens with one attached hydrogen (secondary N) is 1. The van der Waals surface area contributed by atoms with Crippen molar-refractivity contribution in [2.75, 3.05) is 19.8 Å². The van der Waals surface area contributed by atoms with Crippen molar-refractivity contribution in [3.63, 3.8) is 0 Å². The van der Waals surface area contributed by atoms with E-state index in [1.54, 1.807) is 6.20 Å². The van der Waals surface area contributed by atoms with E-state index in [1.807, 2.05) is 5.38 Å². The van der Waals surface area contributed by atoms with E-state index >= 15 is 0 Å². The van der Waals surface area contributed by atoms with Gasteiger partial charge in [-0.3, -0.25) is 4.79 Å². The van der Waals surface area contributed by atoms with Crippen LogP contribution in [0.25, 0.3) is 0 Å². The lowest BCUT2D eigenvalue weighted by Gasteiger charge is -2.17. The molecule has 1 aromatic heterocycles. The van der Waals surface area contributed by atoms with Crippen molar-refractivity contribution in [2.45, 2.75) is 25.8 Å². The highest BCUT2D eigenvalue weighted by molar-refractivity contribution is 7.09. The van der Waals surface area contributed by atoms with Gasteiger partial charge in [-0.25, -0.2) is 4.98 Å². The summed E-state index contributed by atoms with van der Waals surface area (Å²) in [7, 11) is 0. The third kappa shape index (κ3) is 3.34. The average molecular weight is 254 g/mol. The summed E-state index contributed by atoms with van der Waals surface area (Å²) in [5.74, 6) is 0.233. The first-order chi connectivity index (χ1) is 8.31. The van der Waals surface area contributed by atoms with Crippen LogP contribution in [0.5, 0.6) is 0 Å². The summed E-state index contributed by atoms with van der Waals surface area (Å²) >= 11 is 1.54. The lowest BCUT2D eigenvalue weighted by Crippen LogP contribution is -2.40. The normalized spacial score (nSPS) is 24.1. The Bertz CT molecular complexity index is 353. The van der Waals surface area contributed by atoms with Gasteiger partial charge in [0.25, 0.3) is 0 Å². The fraction of sp³-hybridized carbons (Fsp3) is 0.667. The van der Waals surface area contributed by atoms with Crippen molar-refractivity contribution >= 4 is 17.1 Å². The number of aromatic nitrogens is 1. The Kier molecular flexibility index (Phi) is 4.65. The van der Waals surface area contributed by atoms with E-state index in [0.717, 1.165) is 18.0 Å². The zero-order valence-electron chi connectivity index (χ0n) is 10.0. The lowest BCUT2D eigenvalue weighted by atomic mass is 9.96. The van der Waals surface area contributed by atoms with Gasteiger partial charge in [0.15, 0.2) is 0 Å². The summed E-state index contributed by atoms with van der Waals surface area (Å²) < 4.78 is 5.41. The molecule has 17 heavy (non-hydrogen) atoms. The average Bonchev–Trinajstić information content (AvgIpc) is 2.96. The number of rotatable bonds is 6. The molecule has 2 unspecified atom stereocenters. The summed E-state index contributed by atoms with van der Waals surface area (Å²) in [6.07, 6.45) is 3.26. The maximum Gasteiger partial charge on any atom is 0.146 e. The van der Waals surface area contributed by atoms with E-state index in [2.05, 4.69) is 17.2 Å². The highest BCUT2D eigenvalue weighted by Crippen LogP contribution is 2.18. The van der Waals surface area contributed by atoms with Crippen LogP contribution >= 0.6 is 11.3 Å². The molecule has 0 aromatic carbocycles. The van der Waals surface area contributed by atoms with Crippen LogP contribution < -0.4 is 5.32 Å². The molecular weight excluding hydrogens is 236 g/mol. The first-order valence-corrected chi connectivity index (χ1v) is 6.91. The fourth-order valence-corrected chi connectivity index (χ4v) is 2.65. The molecule has 94 valence electrons. The third-order valence-corrected chi connectivity index (χ3v) is 3.74. The first kappa shape index (κ1) is 12.7. The predicted octanol–water partition coefficient (Wildman–Crippen LogP) is 1.27. The van der Waals surface area contributed by atoms with Crippen LogP contribution in [-0.4, -0.2) is 36.6 Å². The van der Waals surface area contributed by atoms with Gasteiger partial charge in [0.1, 0.15) is 5.78 Å². The van der Waals surface area contributed by atoms with Gasteiger partial charge < -0.3 is 10.1 Å². The Morgan fingerprint density at radius 1 is 1.65 bits per heavy atom. The third-order valence-electron chi connectivity index (χ3n) is 2.96. The van der Waals surface area contributed by atoms with Gasteiger partial charge in [-0.05, 0) is 13.0 Å². The van der Waals surface area contributed by atoms with E-state index in [9.17, 15) is 4.79 Å². The number of Topliss-reactive ketones (excluding diaryl/α,β-unsaturated/α-hetero) is 1. The first-order valence-electron chi connectivity index (χ1n) is 6.03. The SMILES string of the molecule is CCCNC1COCC1C(=O)Cc1nccs1. The fourth-order valence-electron chi connectivity index (χ4n) is 2.02. The Labute approximate surface area is 105 Å². The quantitative estimate of drug-likeness (QED) is 0.830. The molecule has 1 aromatic rings. The highest BCUT2D eigenvalue weighted by Gasteiger charge is 2.33. The highest BCUT2D eigenvalue weighted by atomic mass is 32.1. The van der Waals surface area contributed by atoms with Crippen molar-refractivity contribution < 1.29 is 9.53 Å². The van der Waals surface area contributed by atoms with Crippen LogP contribution in [0.1, 0.15) is 18.4 Å². The predicted molar refractivity (Wildman–Crippen MR) is 67.2 cm³/mol. The van der Waals surface area contributed by atoms with Crippen molar-refractivity contribution in [1.82, 2.24) is 10.3 Å². The van der Waals surface area contributed by atoms with Crippen molar-refractivity contribution in [2.24, 2.45) is 5.92 Å². The second-order valence-corrected chi connectivity index (χ2v) is 5.25. The number of ether oxygens (including phenoxy) is 1. The molecule has 0 saturated carbocycles. The van der Waals surface area contributed by atoms with Crippen LogP contribution in [0.15, 0.2) is 11.6 Å². The number of nitrogens with zero attached hydrogens (tertiary/aromatic N) is 1. The lowest BCUT2D eigenvalue weighted by molar-refractivity contribution is -0.122. The monoisotopic (exact) mass is 254 g/mol. The minimum atomic E-state index is -0.00884. The second-order valence-electron chi connectivity index (χ2n) is 4.27. The molecular formula is C12H18N2O2S. The Morgan fingerprint density at radius 2 is 2.53 bits per heavy atom. The van der Waals surface area contributed by atoms with Crippen LogP contribution in [-0.2, 0) is 16.0 Å². The number of thiazole rings is 1. The topological polar surface area (TPSA) is 51.2 Å². The van der Waals surface area contributed by atoms with Crippen LogP contribution in [0.4, 0.5) is 0 Å². The zero-order chi connectivity index (χ0) is 12.1. The molecule has 1 N–H and O–H groups in total. The summed E-state index contributed by atoms with van der Waals surface area (Å²) in [4.78, 5) is 16.3. The molecule has 4 nitrogen and oxygen atoms in total. The smallest absolute Gasteiger partial charge is 0.146 e. The molecule has 0 bridgehead atoms. The van der Waals surface area contributed by atoms with E-state index in [-0.39, 0.29) is 17.7 Å². The van der Waals surface area contributed by atoms with Gasteiger partial charge in [-0.1, -0.05) is 6.92 Å². The van der Waals surface area contributed by atoms with Gasteiger partial charge in [-0.2, -0.15) is 0 Å². The summed E-state index contributed by atoms with van der Waals surface area (Å²) in [5.41, 5.74) is 0. The van der Waals surface area contributed by atoms with Crippen molar-refractivity contribution in [3.05, 3.63) is 16.6 Å². The number of carbonyl (C=O) groups excluding carboxylic acids is 1. The number of ketones is 1. The standard InChI is InChI=1S/C12H18N2O2S/c1-2-3-13-10-8-16-7-9(10)11(15)6-12-14-4-5-17-12/h4-5,9-10,13H,2-3,6-8H2,1H3. The summed E-state index contributed by atoms with van der Waals surface area (Å²) in [5, 5.41) is 6.18. The number of hydrogen-bond acceptors (Lipinski definition) is 5. The summed E-state index contributed by atoms with van der Waals surface area (Å²) in [6, 6.07) is 0.183. The van der Waals surface area contributed by atoms with Crippen LogP contribution in [0.2, 0.25) is 0 Å². The maximum absolute atomic E-state index is 12.1. The van der Waals surface area contributed by atoms with E-state index in [0.29, 0.717) is 19.6 Å². The molecule has 1 fully saturated rings. The van der Waals surface area contributed by atoms with Crippen LogP contribution in [0, 0.1) is 5.92 Å². The van der Waals surface area contributed by atoms with Gasteiger partial charge in [0.2, 0.25) is 0 Å². The summed E-state index contributed by atoms with van der Waals surface area (Å²) in [6.45, 7) is 4.25. The Morgan fingerprint density at radius 3 is 3.24 bits per heavy atom. The molecule has 0 amide bonds. The number of carbonyl (C=O) groups is 1. The van der Waals surface area contributed by atoms with Crippen molar-refractivity contribution in [3.8, 4) is 0 Å². The zero-order valence-corrected chi connectivity index (χ0v) is 10.8. The molecule has 2 heterocycles. The minimum Gasteiger partial charge on any atom is -0.379 e. The largest absolute Gasteiger partial charge is 0.379 e. The molecule has 0 aliphatic carbocycles. The van der Waals surface area contributed by atoms with E-state index in [1.165, 1.54) is 11.3 Å². The molecule has 1 aliphatic rings. The maximum atomic E-state index is 12.1. The minimum absolute atomic E-state index is 0.00884. The van der Waals surface area contributed by atoms with Gasteiger partial charge in [-0.15, -0.1) is 11.3 Å². The molecule has 2 rings (SSSR count). The molecule has 0 radical (unpaired) electrons. The van der Waals surface area contributed by atoms with Crippen LogP contribution in [0.3, 0.4) is 0 Å². The van der Waals surface area contributed by atoms with Crippen molar-refractivity contribution in [1.29, 1.82) is 0 Å². The Hall–Kier alpha value is -0.780. The molecule has 2 atom stereocenters. The molecule has 0 spiro atoms. The van der Waals surface area contributed by atoms with Gasteiger partial charge in [0.05, 0.1) is 30.6 Å². The van der Waals surface area contributed by atoms with Gasteiger partial charge in [0, 0.05) is 17.6 Å². The van der Waals surface area contributed by atoms with Gasteiger partial charge >= 0.3 is 0 Å². The van der Waals surface area contributed by atoms with E-state index in [4.69, 9.17) is 4.74 Å². The second kappa shape index (κ2) is 6.23. The molecule has 1 aliphatic heterocycles. The Balaban J connectivity index is 1.89. The van der Waals surface area contributed by atoms with E-state index < -0.39 is 0 Å². The molecule has 1 saturated heterocycles. The number of hydrogen-bond donors (Lipinski definition) is 1.